The minimum atomic E-state index is -3.16. The number of aromatic nitrogens is 1. The van der Waals surface area contributed by atoms with Crippen molar-refractivity contribution in [3.63, 3.8) is 0 Å². The number of ether oxygens (including phenoxy) is 1. The molecule has 0 unspecified atom stereocenters. The standard InChI is InChI=1S/C55H37N2O2P/c58-60(40-20-6-2-7-21-40,41-22-8-3-9-23-41)42-34-32-39(33-35-42)56-49-28-14-10-24-43(49)44-36-54-48(37-52(44)56)55(47-27-13-17-31-53(47)59-54)45-25-11-15-29-50(45)57(38-18-4-1-5-19-38)51-30-16-12-26-46(51)55/h1-37H. The molecule has 0 N–H and O–H groups in total. The van der Waals surface area contributed by atoms with Gasteiger partial charge in [-0.25, -0.2) is 0 Å². The number of para-hydroxylation sites is 5. The van der Waals surface area contributed by atoms with Gasteiger partial charge in [0, 0.05) is 49.2 Å². The average molecular weight is 789 g/mol. The van der Waals surface area contributed by atoms with Crippen molar-refractivity contribution in [3.05, 3.63) is 247 Å². The van der Waals surface area contributed by atoms with Crippen molar-refractivity contribution >= 4 is 61.9 Å². The van der Waals surface area contributed by atoms with Crippen molar-refractivity contribution < 1.29 is 9.30 Å². The normalized spacial score (nSPS) is 13.6. The molecule has 9 aromatic carbocycles. The van der Waals surface area contributed by atoms with Crippen LogP contribution in [0.25, 0.3) is 27.5 Å². The molecule has 3 heterocycles. The minimum Gasteiger partial charge on any atom is -0.457 e. The summed E-state index contributed by atoms with van der Waals surface area (Å²) in [6.07, 6.45) is 0. The summed E-state index contributed by atoms with van der Waals surface area (Å²) in [6, 6.07) is 78.2. The third kappa shape index (κ3) is 4.83. The van der Waals surface area contributed by atoms with Gasteiger partial charge in [-0.15, -0.1) is 0 Å². The Balaban J connectivity index is 1.13. The van der Waals surface area contributed by atoms with Crippen molar-refractivity contribution in [1.82, 2.24) is 4.57 Å². The summed E-state index contributed by atoms with van der Waals surface area (Å²) in [5.74, 6) is 1.69. The Kier molecular flexibility index (Phi) is 7.69. The van der Waals surface area contributed by atoms with E-state index in [4.69, 9.17) is 4.74 Å². The molecule has 0 aliphatic carbocycles. The lowest BCUT2D eigenvalue weighted by Gasteiger charge is -2.48. The third-order valence-electron chi connectivity index (χ3n) is 12.5. The number of rotatable bonds is 5. The van der Waals surface area contributed by atoms with E-state index in [1.807, 2.05) is 60.7 Å². The predicted molar refractivity (Wildman–Crippen MR) is 247 cm³/mol. The second-order valence-corrected chi connectivity index (χ2v) is 18.3. The molecule has 1 aromatic heterocycles. The van der Waals surface area contributed by atoms with Crippen LogP contribution in [0.4, 0.5) is 17.1 Å². The van der Waals surface area contributed by atoms with Gasteiger partial charge in [0.15, 0.2) is 7.14 Å². The molecule has 0 radical (unpaired) electrons. The van der Waals surface area contributed by atoms with Crippen molar-refractivity contribution in [2.75, 3.05) is 4.90 Å². The SMILES string of the molecule is O=P(c1ccccc1)(c1ccccc1)c1ccc(-n2c3ccccc3c3cc4c(cc32)C2(c3ccccc3O4)c3ccccc3N(c3ccccc3)c3ccccc32)cc1. The number of hydrogen-bond acceptors (Lipinski definition) is 3. The lowest BCUT2D eigenvalue weighted by molar-refractivity contribution is 0.435. The van der Waals surface area contributed by atoms with E-state index in [1.54, 1.807) is 0 Å². The van der Waals surface area contributed by atoms with Crippen LogP contribution in [0.3, 0.4) is 0 Å². The largest absolute Gasteiger partial charge is 0.457 e. The van der Waals surface area contributed by atoms with E-state index in [9.17, 15) is 0 Å². The van der Waals surface area contributed by atoms with Gasteiger partial charge in [0.2, 0.25) is 0 Å². The zero-order valence-electron chi connectivity index (χ0n) is 32.5. The lowest BCUT2D eigenvalue weighted by atomic mass is 9.61. The molecule has 2 aliphatic rings. The van der Waals surface area contributed by atoms with E-state index >= 15 is 4.57 Å². The highest BCUT2D eigenvalue weighted by Gasteiger charge is 2.51. The second-order valence-electron chi connectivity index (χ2n) is 15.6. The fourth-order valence-electron chi connectivity index (χ4n) is 10.00. The maximum Gasteiger partial charge on any atom is 0.171 e. The first kappa shape index (κ1) is 34.6. The monoisotopic (exact) mass is 788 g/mol. The first-order valence-electron chi connectivity index (χ1n) is 20.4. The number of fused-ring (bicyclic) bond motifs is 11. The van der Waals surface area contributed by atoms with Gasteiger partial charge in [-0.1, -0.05) is 152 Å². The van der Waals surface area contributed by atoms with Crippen molar-refractivity contribution in [2.24, 2.45) is 0 Å². The molecule has 0 saturated carbocycles. The van der Waals surface area contributed by atoms with Crippen LogP contribution in [0.1, 0.15) is 22.3 Å². The highest BCUT2D eigenvalue weighted by molar-refractivity contribution is 7.85. The lowest BCUT2D eigenvalue weighted by Crippen LogP contribution is -2.39. The number of anilines is 3. The van der Waals surface area contributed by atoms with Crippen LogP contribution in [0.15, 0.2) is 224 Å². The summed E-state index contributed by atoms with van der Waals surface area (Å²) >= 11 is 0. The third-order valence-corrected chi connectivity index (χ3v) is 15.6. The van der Waals surface area contributed by atoms with E-state index in [0.29, 0.717) is 0 Å². The molecule has 0 fully saturated rings. The Hall–Kier alpha value is -7.39. The summed E-state index contributed by atoms with van der Waals surface area (Å²) in [6.45, 7) is 0. The van der Waals surface area contributed by atoms with Crippen LogP contribution >= 0.6 is 7.14 Å². The van der Waals surface area contributed by atoms with E-state index in [-0.39, 0.29) is 0 Å². The maximum atomic E-state index is 15.4. The fraction of sp³-hybridized carbons (Fsp3) is 0.0182. The summed E-state index contributed by atoms with van der Waals surface area (Å²) in [7, 11) is -3.16. The van der Waals surface area contributed by atoms with Crippen LogP contribution < -0.4 is 25.6 Å². The molecule has 5 heteroatoms. The topological polar surface area (TPSA) is 34.5 Å². The van der Waals surface area contributed by atoms with E-state index < -0.39 is 12.6 Å². The first-order chi connectivity index (χ1) is 29.7. The summed E-state index contributed by atoms with van der Waals surface area (Å²) in [5, 5.41) is 4.67. The summed E-state index contributed by atoms with van der Waals surface area (Å²) in [5.41, 5.74) is 10.4. The fourth-order valence-corrected chi connectivity index (χ4v) is 12.6. The van der Waals surface area contributed by atoms with Gasteiger partial charge in [-0.05, 0) is 83.9 Å². The van der Waals surface area contributed by atoms with Gasteiger partial charge < -0.3 is 18.8 Å². The van der Waals surface area contributed by atoms with Gasteiger partial charge >= 0.3 is 0 Å². The van der Waals surface area contributed by atoms with Crippen molar-refractivity contribution in [2.45, 2.75) is 5.41 Å². The zero-order valence-corrected chi connectivity index (χ0v) is 33.4. The maximum absolute atomic E-state index is 15.4. The highest BCUT2D eigenvalue weighted by Crippen LogP contribution is 2.63. The van der Waals surface area contributed by atoms with Crippen LogP contribution in [0, 0.1) is 0 Å². The molecule has 1 spiro atoms. The number of nitrogens with zero attached hydrogens (tertiary/aromatic N) is 2. The first-order valence-corrected chi connectivity index (χ1v) is 22.1. The van der Waals surface area contributed by atoms with Gasteiger partial charge in [0.05, 0.1) is 27.8 Å². The zero-order chi connectivity index (χ0) is 39.8. The molecule has 10 aromatic rings. The molecule has 0 atom stereocenters. The van der Waals surface area contributed by atoms with Crippen molar-refractivity contribution in [3.8, 4) is 17.2 Å². The van der Waals surface area contributed by atoms with Crippen LogP contribution in [0.2, 0.25) is 0 Å². The van der Waals surface area contributed by atoms with Crippen LogP contribution in [-0.2, 0) is 9.98 Å². The van der Waals surface area contributed by atoms with E-state index in [1.165, 1.54) is 11.1 Å². The van der Waals surface area contributed by atoms with Crippen LogP contribution in [0.5, 0.6) is 11.5 Å². The van der Waals surface area contributed by atoms with E-state index in [0.717, 1.165) is 83.1 Å². The van der Waals surface area contributed by atoms with E-state index in [2.05, 4.69) is 173 Å². The predicted octanol–water partition coefficient (Wildman–Crippen LogP) is 12.7. The molecule has 284 valence electrons. The Labute approximate surface area is 348 Å². The van der Waals surface area contributed by atoms with Crippen molar-refractivity contribution in [1.29, 1.82) is 0 Å². The number of hydrogen-bond donors (Lipinski definition) is 0. The Morgan fingerprint density at radius 3 is 1.55 bits per heavy atom. The molecule has 4 nitrogen and oxygen atoms in total. The van der Waals surface area contributed by atoms with Gasteiger partial charge in [-0.2, -0.15) is 0 Å². The quantitative estimate of drug-likeness (QED) is 0.163. The summed E-state index contributed by atoms with van der Waals surface area (Å²) < 4.78 is 24.7. The molecule has 0 saturated heterocycles. The molecule has 0 bridgehead atoms. The molecular weight excluding hydrogens is 752 g/mol. The number of benzene rings is 9. The molecule has 2 aliphatic heterocycles. The highest BCUT2D eigenvalue weighted by atomic mass is 31.2. The smallest absolute Gasteiger partial charge is 0.171 e. The summed E-state index contributed by atoms with van der Waals surface area (Å²) in [4.78, 5) is 2.40. The molecular formula is C55H37N2O2P. The Morgan fingerprint density at radius 1 is 0.383 bits per heavy atom. The second kappa shape index (κ2) is 13.3. The molecule has 0 amide bonds. The minimum absolute atomic E-state index is 0.708. The van der Waals surface area contributed by atoms with Gasteiger partial charge in [-0.3, -0.25) is 0 Å². The van der Waals surface area contributed by atoms with Crippen LogP contribution in [-0.4, -0.2) is 4.57 Å². The average Bonchev–Trinajstić information content (AvgIpc) is 3.64. The van der Waals surface area contributed by atoms with Gasteiger partial charge in [0.1, 0.15) is 11.5 Å². The Bertz CT molecular complexity index is 3230. The van der Waals surface area contributed by atoms with Gasteiger partial charge in [0.25, 0.3) is 0 Å². The molecule has 12 rings (SSSR count). The molecule has 60 heavy (non-hydrogen) atoms. The Morgan fingerprint density at radius 2 is 0.900 bits per heavy atom.